The summed E-state index contributed by atoms with van der Waals surface area (Å²) in [5, 5.41) is 6.67. The Bertz CT molecular complexity index is 515. The van der Waals surface area contributed by atoms with Crippen LogP contribution in [0, 0.1) is 6.92 Å². The van der Waals surface area contributed by atoms with Crippen molar-refractivity contribution in [3.63, 3.8) is 0 Å². The van der Waals surface area contributed by atoms with Gasteiger partial charge in [0.25, 0.3) is 10.1 Å². The third kappa shape index (κ3) is 9.05. The van der Waals surface area contributed by atoms with E-state index < -0.39 is 10.1 Å². The fraction of sp³-hybridized carbons (Fsp3) is 0.647. The maximum absolute atomic E-state index is 12.0. The summed E-state index contributed by atoms with van der Waals surface area (Å²) in [5.41, 5.74) is 1.03. The highest BCUT2D eigenvalue weighted by molar-refractivity contribution is 7.86. The normalized spacial score (nSPS) is 11.7. The largest absolute Gasteiger partial charge is 0.317 e. The van der Waals surface area contributed by atoms with Gasteiger partial charge in [0.05, 0.1) is 11.5 Å². The zero-order valence-corrected chi connectivity index (χ0v) is 15.1. The maximum atomic E-state index is 12.0. The van der Waals surface area contributed by atoms with Gasteiger partial charge in [-0.1, -0.05) is 24.6 Å². The molecule has 1 aromatic rings. The van der Waals surface area contributed by atoms with E-state index in [9.17, 15) is 8.42 Å². The Balaban J connectivity index is 2.05. The molecule has 0 heterocycles. The Hall–Kier alpha value is -0.950. The van der Waals surface area contributed by atoms with Crippen molar-refractivity contribution in [2.45, 2.75) is 44.4 Å². The first kappa shape index (κ1) is 20.1. The molecule has 6 heteroatoms. The molecule has 0 aromatic heterocycles. The van der Waals surface area contributed by atoms with Crippen LogP contribution in [-0.2, 0) is 14.3 Å². The topological polar surface area (TPSA) is 67.4 Å². The summed E-state index contributed by atoms with van der Waals surface area (Å²) < 4.78 is 29.0. The van der Waals surface area contributed by atoms with Crippen LogP contribution in [0.4, 0.5) is 0 Å². The number of hydrogen-bond acceptors (Lipinski definition) is 5. The first-order valence-electron chi connectivity index (χ1n) is 8.44. The highest BCUT2D eigenvalue weighted by Crippen LogP contribution is 2.13. The maximum Gasteiger partial charge on any atom is 0.296 e. The van der Waals surface area contributed by atoms with Gasteiger partial charge in [0.15, 0.2) is 0 Å². The molecule has 2 N–H and O–H groups in total. The predicted molar refractivity (Wildman–Crippen MR) is 94.2 cm³/mol. The van der Waals surface area contributed by atoms with E-state index in [2.05, 4.69) is 17.6 Å². The lowest BCUT2D eigenvalue weighted by Crippen LogP contribution is -2.21. The van der Waals surface area contributed by atoms with Gasteiger partial charge in [0.1, 0.15) is 0 Å². The van der Waals surface area contributed by atoms with Gasteiger partial charge in [-0.15, -0.1) is 0 Å². The summed E-state index contributed by atoms with van der Waals surface area (Å²) >= 11 is 0. The first-order valence-corrected chi connectivity index (χ1v) is 9.84. The van der Waals surface area contributed by atoms with Crippen molar-refractivity contribution in [2.75, 3.05) is 32.8 Å². The molecule has 0 amide bonds. The van der Waals surface area contributed by atoms with Crippen molar-refractivity contribution in [3.8, 4) is 0 Å². The molecule has 5 nitrogen and oxygen atoms in total. The summed E-state index contributed by atoms with van der Waals surface area (Å²) in [7, 11) is -3.62. The number of nitrogens with one attached hydrogen (secondary N) is 2. The smallest absolute Gasteiger partial charge is 0.296 e. The summed E-state index contributed by atoms with van der Waals surface area (Å²) in [5.74, 6) is 0. The van der Waals surface area contributed by atoms with Gasteiger partial charge in [-0.25, -0.2) is 0 Å². The van der Waals surface area contributed by atoms with E-state index in [-0.39, 0.29) is 11.5 Å². The highest BCUT2D eigenvalue weighted by atomic mass is 32.2. The SMILES string of the molecule is CCCNCCCCNCCCOS(=O)(=O)c1ccc(C)cc1. The molecule has 0 atom stereocenters. The van der Waals surface area contributed by atoms with Crippen LogP contribution >= 0.6 is 0 Å². The lowest BCUT2D eigenvalue weighted by Gasteiger charge is -2.07. The molecule has 0 bridgehead atoms. The monoisotopic (exact) mass is 342 g/mol. The third-order valence-electron chi connectivity index (χ3n) is 3.43. The van der Waals surface area contributed by atoms with Crippen LogP contribution in [0.25, 0.3) is 0 Å². The second-order valence-electron chi connectivity index (χ2n) is 5.65. The van der Waals surface area contributed by atoms with Crippen LogP contribution in [0.1, 0.15) is 38.2 Å². The second-order valence-corrected chi connectivity index (χ2v) is 7.27. The van der Waals surface area contributed by atoms with Crippen molar-refractivity contribution < 1.29 is 12.6 Å². The fourth-order valence-corrected chi connectivity index (χ4v) is 3.01. The molecule has 0 aliphatic carbocycles. The standard InChI is InChI=1S/C17H30N2O3S/c1-3-11-18-12-4-5-13-19-14-6-15-22-23(20,21)17-9-7-16(2)8-10-17/h7-10,18-19H,3-6,11-15H2,1-2H3. The fourth-order valence-electron chi connectivity index (χ4n) is 2.07. The molecule has 0 aliphatic rings. The van der Waals surface area contributed by atoms with Gasteiger partial charge in [-0.2, -0.15) is 8.42 Å². The van der Waals surface area contributed by atoms with Gasteiger partial charge in [-0.3, -0.25) is 4.18 Å². The summed E-state index contributed by atoms with van der Waals surface area (Å²) in [6.45, 7) is 8.16. The molecular weight excluding hydrogens is 312 g/mol. The summed E-state index contributed by atoms with van der Waals surface area (Å²) in [6, 6.07) is 6.70. The predicted octanol–water partition coefficient (Wildman–Crippen LogP) is 2.46. The van der Waals surface area contributed by atoms with Gasteiger partial charge in [0, 0.05) is 0 Å². The zero-order valence-electron chi connectivity index (χ0n) is 14.3. The molecule has 0 spiro atoms. The van der Waals surface area contributed by atoms with Crippen molar-refractivity contribution in [3.05, 3.63) is 29.8 Å². The summed E-state index contributed by atoms with van der Waals surface area (Å²) in [6.07, 6.45) is 4.13. The van der Waals surface area contributed by atoms with Gasteiger partial charge in [-0.05, 0) is 70.9 Å². The Morgan fingerprint density at radius 1 is 0.913 bits per heavy atom. The molecule has 23 heavy (non-hydrogen) atoms. The van der Waals surface area contributed by atoms with Crippen molar-refractivity contribution in [1.82, 2.24) is 10.6 Å². The van der Waals surface area contributed by atoms with Crippen LogP contribution in [0.15, 0.2) is 29.2 Å². The average molecular weight is 343 g/mol. The third-order valence-corrected chi connectivity index (χ3v) is 4.76. The van der Waals surface area contributed by atoms with Gasteiger partial charge < -0.3 is 10.6 Å². The molecule has 132 valence electrons. The number of rotatable bonds is 13. The van der Waals surface area contributed by atoms with Crippen LogP contribution in [0.3, 0.4) is 0 Å². The summed E-state index contributed by atoms with van der Waals surface area (Å²) in [4.78, 5) is 0.218. The van der Waals surface area contributed by atoms with E-state index in [1.165, 1.54) is 6.42 Å². The first-order chi connectivity index (χ1) is 11.1. The zero-order chi connectivity index (χ0) is 17.0. The van der Waals surface area contributed by atoms with E-state index in [0.717, 1.165) is 44.6 Å². The number of unbranched alkanes of at least 4 members (excludes halogenated alkanes) is 1. The Morgan fingerprint density at radius 3 is 2.09 bits per heavy atom. The molecular formula is C17H30N2O3S. The Labute approximate surface area is 140 Å². The van der Waals surface area contributed by atoms with E-state index in [0.29, 0.717) is 6.42 Å². The van der Waals surface area contributed by atoms with E-state index in [1.807, 2.05) is 6.92 Å². The van der Waals surface area contributed by atoms with Crippen LogP contribution in [-0.4, -0.2) is 41.2 Å². The Kier molecular flexibility index (Phi) is 10.1. The molecule has 0 aliphatic heterocycles. The van der Waals surface area contributed by atoms with Crippen molar-refractivity contribution >= 4 is 10.1 Å². The van der Waals surface area contributed by atoms with Crippen molar-refractivity contribution in [2.24, 2.45) is 0 Å². The van der Waals surface area contributed by atoms with Crippen LogP contribution < -0.4 is 10.6 Å². The average Bonchev–Trinajstić information content (AvgIpc) is 2.53. The lowest BCUT2D eigenvalue weighted by molar-refractivity contribution is 0.309. The minimum Gasteiger partial charge on any atom is -0.317 e. The minimum atomic E-state index is -3.62. The molecule has 1 aromatic carbocycles. The highest BCUT2D eigenvalue weighted by Gasteiger charge is 2.14. The lowest BCUT2D eigenvalue weighted by atomic mass is 10.2. The van der Waals surface area contributed by atoms with Crippen LogP contribution in [0.5, 0.6) is 0 Å². The molecule has 0 fully saturated rings. The molecule has 0 saturated heterocycles. The van der Waals surface area contributed by atoms with Crippen LogP contribution in [0.2, 0.25) is 0 Å². The molecule has 0 radical (unpaired) electrons. The molecule has 0 unspecified atom stereocenters. The molecule has 0 saturated carbocycles. The van der Waals surface area contributed by atoms with Gasteiger partial charge in [0.2, 0.25) is 0 Å². The van der Waals surface area contributed by atoms with E-state index >= 15 is 0 Å². The molecule has 1 rings (SSSR count). The van der Waals surface area contributed by atoms with Gasteiger partial charge >= 0.3 is 0 Å². The van der Waals surface area contributed by atoms with E-state index in [4.69, 9.17) is 4.18 Å². The number of benzene rings is 1. The number of hydrogen-bond donors (Lipinski definition) is 2. The second kappa shape index (κ2) is 11.6. The Morgan fingerprint density at radius 2 is 1.48 bits per heavy atom. The minimum absolute atomic E-state index is 0.210. The van der Waals surface area contributed by atoms with E-state index in [1.54, 1.807) is 24.3 Å². The van der Waals surface area contributed by atoms with Crippen molar-refractivity contribution in [1.29, 1.82) is 0 Å². The quantitative estimate of drug-likeness (QED) is 0.426. The number of aryl methyl sites for hydroxylation is 1.